The van der Waals surface area contributed by atoms with Crippen molar-refractivity contribution in [1.82, 2.24) is 19.2 Å². The first-order chi connectivity index (χ1) is 12.2. The average Bonchev–Trinajstić information content (AvgIpc) is 2.62. The van der Waals surface area contributed by atoms with Crippen LogP contribution in [0.3, 0.4) is 0 Å². The van der Waals surface area contributed by atoms with E-state index >= 15 is 0 Å². The van der Waals surface area contributed by atoms with Crippen molar-refractivity contribution in [2.75, 3.05) is 31.9 Å². The SMILES string of the molecule is CCS(=O)(=O)N1CCN(C(=O)c2cc(F)cc3nc(C)c(C)nc23)CC1. The van der Waals surface area contributed by atoms with Gasteiger partial charge in [0.2, 0.25) is 10.0 Å². The van der Waals surface area contributed by atoms with Crippen molar-refractivity contribution in [3.63, 3.8) is 0 Å². The summed E-state index contributed by atoms with van der Waals surface area (Å²) in [6.07, 6.45) is 0. The molecule has 3 rings (SSSR count). The minimum atomic E-state index is -3.27. The maximum Gasteiger partial charge on any atom is 0.256 e. The molecule has 7 nitrogen and oxygen atoms in total. The first kappa shape index (κ1) is 18.7. The lowest BCUT2D eigenvalue weighted by atomic mass is 10.1. The monoisotopic (exact) mass is 380 g/mol. The summed E-state index contributed by atoms with van der Waals surface area (Å²) in [7, 11) is -3.27. The number of aryl methyl sites for hydroxylation is 2. The summed E-state index contributed by atoms with van der Waals surface area (Å²) in [5, 5.41) is 0. The van der Waals surface area contributed by atoms with E-state index in [9.17, 15) is 17.6 Å². The Labute approximate surface area is 151 Å². The minimum absolute atomic E-state index is 0.0314. The predicted octanol–water partition coefficient (Wildman–Crippen LogP) is 1.49. The fraction of sp³-hybridized carbons (Fsp3) is 0.471. The molecule has 1 aromatic heterocycles. The fourth-order valence-electron chi connectivity index (χ4n) is 2.98. The van der Waals surface area contributed by atoms with E-state index in [0.29, 0.717) is 22.4 Å². The standard InChI is InChI=1S/C17H21FN4O3S/c1-4-26(24,25)22-7-5-21(6-8-22)17(23)14-9-13(18)10-15-16(14)20-12(3)11(2)19-15/h9-10H,4-8H2,1-3H3. The molecule has 0 bridgehead atoms. The van der Waals surface area contributed by atoms with Gasteiger partial charge in [0.05, 0.1) is 28.2 Å². The van der Waals surface area contributed by atoms with Gasteiger partial charge in [-0.05, 0) is 26.8 Å². The van der Waals surface area contributed by atoms with Crippen LogP contribution in [0.5, 0.6) is 0 Å². The summed E-state index contributed by atoms with van der Waals surface area (Å²) in [6, 6.07) is 2.43. The minimum Gasteiger partial charge on any atom is -0.336 e. The van der Waals surface area contributed by atoms with Crippen LogP contribution in [0, 0.1) is 19.7 Å². The molecule has 0 unspecified atom stereocenters. The number of halogens is 1. The van der Waals surface area contributed by atoms with Crippen LogP contribution in [-0.4, -0.2) is 65.4 Å². The number of rotatable bonds is 3. The van der Waals surface area contributed by atoms with Crippen molar-refractivity contribution < 1.29 is 17.6 Å². The maximum atomic E-state index is 14.0. The Hall–Kier alpha value is -2.13. The summed E-state index contributed by atoms with van der Waals surface area (Å²) in [6.45, 7) is 6.14. The molecule has 1 aliphatic rings. The zero-order chi connectivity index (χ0) is 19.1. The van der Waals surface area contributed by atoms with E-state index in [1.165, 1.54) is 21.3 Å². The zero-order valence-corrected chi connectivity index (χ0v) is 15.8. The third-order valence-electron chi connectivity index (χ3n) is 4.66. The molecule has 2 aromatic rings. The largest absolute Gasteiger partial charge is 0.336 e. The lowest BCUT2D eigenvalue weighted by molar-refractivity contribution is 0.0699. The van der Waals surface area contributed by atoms with Gasteiger partial charge in [-0.2, -0.15) is 4.31 Å². The van der Waals surface area contributed by atoms with E-state index in [2.05, 4.69) is 9.97 Å². The van der Waals surface area contributed by atoms with E-state index in [-0.39, 0.29) is 43.4 Å². The van der Waals surface area contributed by atoms with E-state index in [1.807, 2.05) is 0 Å². The van der Waals surface area contributed by atoms with Crippen LogP contribution >= 0.6 is 0 Å². The van der Waals surface area contributed by atoms with Crippen LogP contribution in [-0.2, 0) is 10.0 Å². The van der Waals surface area contributed by atoms with Gasteiger partial charge in [0.25, 0.3) is 5.91 Å². The van der Waals surface area contributed by atoms with E-state index in [4.69, 9.17) is 0 Å². The predicted molar refractivity (Wildman–Crippen MR) is 95.9 cm³/mol. The second-order valence-corrected chi connectivity index (χ2v) is 8.56. The molecule has 0 saturated carbocycles. The summed E-state index contributed by atoms with van der Waals surface area (Å²) >= 11 is 0. The van der Waals surface area contributed by atoms with Gasteiger partial charge in [-0.3, -0.25) is 4.79 Å². The molecule has 0 aliphatic carbocycles. The smallest absolute Gasteiger partial charge is 0.256 e. The number of benzene rings is 1. The molecule has 1 amide bonds. The van der Waals surface area contributed by atoms with E-state index in [1.54, 1.807) is 20.8 Å². The second-order valence-electron chi connectivity index (χ2n) is 6.31. The third-order valence-corrected chi connectivity index (χ3v) is 6.54. The number of carbonyl (C=O) groups is 1. The number of amides is 1. The molecule has 2 heterocycles. The molecule has 140 valence electrons. The Morgan fingerprint density at radius 2 is 1.73 bits per heavy atom. The molecule has 0 radical (unpaired) electrons. The normalized spacial score (nSPS) is 16.2. The molecule has 0 N–H and O–H groups in total. The van der Waals surface area contributed by atoms with Crippen molar-refractivity contribution in [2.24, 2.45) is 0 Å². The van der Waals surface area contributed by atoms with Gasteiger partial charge in [-0.25, -0.2) is 22.8 Å². The fourth-order valence-corrected chi connectivity index (χ4v) is 4.07. The zero-order valence-electron chi connectivity index (χ0n) is 15.0. The first-order valence-electron chi connectivity index (χ1n) is 8.44. The van der Waals surface area contributed by atoms with Gasteiger partial charge in [0.1, 0.15) is 11.3 Å². The molecule has 1 aliphatic heterocycles. The molecule has 1 fully saturated rings. The number of fused-ring (bicyclic) bond motifs is 1. The van der Waals surface area contributed by atoms with Crippen molar-refractivity contribution in [1.29, 1.82) is 0 Å². The number of carbonyl (C=O) groups excluding carboxylic acids is 1. The van der Waals surface area contributed by atoms with Gasteiger partial charge < -0.3 is 4.90 Å². The number of nitrogens with zero attached hydrogens (tertiary/aromatic N) is 4. The molecule has 0 atom stereocenters. The number of hydrogen-bond donors (Lipinski definition) is 0. The Morgan fingerprint density at radius 3 is 2.35 bits per heavy atom. The van der Waals surface area contributed by atoms with Crippen molar-refractivity contribution in [2.45, 2.75) is 20.8 Å². The van der Waals surface area contributed by atoms with Crippen LogP contribution in [0.1, 0.15) is 28.7 Å². The average molecular weight is 380 g/mol. The van der Waals surface area contributed by atoms with Gasteiger partial charge in [-0.1, -0.05) is 0 Å². The second kappa shape index (κ2) is 6.88. The molecule has 26 heavy (non-hydrogen) atoms. The van der Waals surface area contributed by atoms with E-state index < -0.39 is 15.8 Å². The van der Waals surface area contributed by atoms with Crippen LogP contribution in [0.4, 0.5) is 4.39 Å². The Morgan fingerprint density at radius 1 is 1.12 bits per heavy atom. The number of piperazine rings is 1. The Balaban J connectivity index is 1.90. The third kappa shape index (κ3) is 3.41. The molecular formula is C17H21FN4O3S. The molecule has 1 saturated heterocycles. The Bertz CT molecular complexity index is 970. The van der Waals surface area contributed by atoms with E-state index in [0.717, 1.165) is 0 Å². The van der Waals surface area contributed by atoms with Gasteiger partial charge >= 0.3 is 0 Å². The van der Waals surface area contributed by atoms with Crippen molar-refractivity contribution in [3.8, 4) is 0 Å². The van der Waals surface area contributed by atoms with Gasteiger partial charge in [0, 0.05) is 32.2 Å². The highest BCUT2D eigenvalue weighted by Gasteiger charge is 2.29. The molecular weight excluding hydrogens is 359 g/mol. The number of hydrogen-bond acceptors (Lipinski definition) is 5. The Kier molecular flexibility index (Phi) is 4.94. The summed E-state index contributed by atoms with van der Waals surface area (Å²) < 4.78 is 39.3. The topological polar surface area (TPSA) is 83.5 Å². The lowest BCUT2D eigenvalue weighted by Gasteiger charge is -2.34. The lowest BCUT2D eigenvalue weighted by Crippen LogP contribution is -2.50. The highest BCUT2D eigenvalue weighted by atomic mass is 32.2. The van der Waals surface area contributed by atoms with Crippen molar-refractivity contribution in [3.05, 3.63) is 34.9 Å². The number of aromatic nitrogens is 2. The summed E-state index contributed by atoms with van der Waals surface area (Å²) in [5.74, 6) is -0.879. The quantitative estimate of drug-likeness (QED) is 0.806. The van der Waals surface area contributed by atoms with Gasteiger partial charge in [0.15, 0.2) is 0 Å². The molecule has 1 aromatic carbocycles. The van der Waals surface area contributed by atoms with Gasteiger partial charge in [-0.15, -0.1) is 0 Å². The number of sulfonamides is 1. The first-order valence-corrected chi connectivity index (χ1v) is 10.1. The summed E-state index contributed by atoms with van der Waals surface area (Å²) in [4.78, 5) is 23.2. The molecule has 9 heteroatoms. The van der Waals surface area contributed by atoms with Crippen molar-refractivity contribution >= 4 is 27.0 Å². The highest BCUT2D eigenvalue weighted by Crippen LogP contribution is 2.21. The highest BCUT2D eigenvalue weighted by molar-refractivity contribution is 7.89. The van der Waals surface area contributed by atoms with Crippen LogP contribution in [0.25, 0.3) is 11.0 Å². The summed E-state index contributed by atoms with van der Waals surface area (Å²) in [5.41, 5.74) is 2.21. The molecule has 0 spiro atoms. The maximum absolute atomic E-state index is 14.0. The van der Waals surface area contributed by atoms with Crippen LogP contribution in [0.2, 0.25) is 0 Å². The van der Waals surface area contributed by atoms with Crippen LogP contribution < -0.4 is 0 Å². The van der Waals surface area contributed by atoms with Crippen LogP contribution in [0.15, 0.2) is 12.1 Å².